The van der Waals surface area contributed by atoms with Crippen LogP contribution in [0, 0.1) is 5.92 Å². The Morgan fingerprint density at radius 3 is 2.59 bits per heavy atom. The second-order valence-corrected chi connectivity index (χ2v) is 8.87. The summed E-state index contributed by atoms with van der Waals surface area (Å²) in [6.07, 6.45) is 3.63. The second-order valence-electron chi connectivity index (χ2n) is 8.87. The SMILES string of the molecule is CC(C)c1ccc(NC(=O)N2CCc3c(c4ccccc4n3CC3CC3)C2)cc1. The van der Waals surface area contributed by atoms with Crippen LogP contribution in [0.5, 0.6) is 0 Å². The van der Waals surface area contributed by atoms with E-state index in [2.05, 4.69) is 60.1 Å². The number of urea groups is 1. The quantitative estimate of drug-likeness (QED) is 0.607. The van der Waals surface area contributed by atoms with Crippen molar-refractivity contribution in [3.63, 3.8) is 0 Å². The topological polar surface area (TPSA) is 37.3 Å². The van der Waals surface area contributed by atoms with Crippen molar-refractivity contribution < 1.29 is 4.79 Å². The van der Waals surface area contributed by atoms with Crippen molar-refractivity contribution in [1.29, 1.82) is 0 Å². The number of nitrogens with one attached hydrogen (secondary N) is 1. The summed E-state index contributed by atoms with van der Waals surface area (Å²) in [6.45, 7) is 6.94. The third-order valence-electron chi connectivity index (χ3n) is 6.42. The van der Waals surface area contributed by atoms with Crippen LogP contribution in [0.15, 0.2) is 48.5 Å². The predicted molar refractivity (Wildman–Crippen MR) is 118 cm³/mol. The van der Waals surface area contributed by atoms with Gasteiger partial charge in [0.2, 0.25) is 0 Å². The maximum atomic E-state index is 12.9. The summed E-state index contributed by atoms with van der Waals surface area (Å²) in [6, 6.07) is 16.9. The van der Waals surface area contributed by atoms with Gasteiger partial charge in [0.15, 0.2) is 0 Å². The van der Waals surface area contributed by atoms with Gasteiger partial charge >= 0.3 is 6.03 Å². The lowest BCUT2D eigenvalue weighted by Crippen LogP contribution is -2.39. The van der Waals surface area contributed by atoms with Crippen LogP contribution in [-0.2, 0) is 19.5 Å². The first-order valence-corrected chi connectivity index (χ1v) is 10.8. The molecule has 0 saturated heterocycles. The van der Waals surface area contributed by atoms with Crippen LogP contribution in [0.3, 0.4) is 0 Å². The number of carbonyl (C=O) groups excluding carboxylic acids is 1. The van der Waals surface area contributed by atoms with Crippen LogP contribution in [0.2, 0.25) is 0 Å². The molecule has 5 rings (SSSR count). The largest absolute Gasteiger partial charge is 0.344 e. The number of amides is 2. The Morgan fingerprint density at radius 2 is 1.86 bits per heavy atom. The van der Waals surface area contributed by atoms with Gasteiger partial charge in [0.05, 0.1) is 0 Å². The third-order valence-corrected chi connectivity index (χ3v) is 6.42. The Bertz CT molecular complexity index is 1040. The fraction of sp³-hybridized carbons (Fsp3) is 0.400. The lowest BCUT2D eigenvalue weighted by Gasteiger charge is -2.28. The maximum absolute atomic E-state index is 12.9. The lowest BCUT2D eigenvalue weighted by atomic mass is 10.0. The van der Waals surface area contributed by atoms with E-state index in [1.54, 1.807) is 0 Å². The number of nitrogens with zero attached hydrogens (tertiary/aromatic N) is 2. The Labute approximate surface area is 172 Å². The van der Waals surface area contributed by atoms with Crippen LogP contribution in [-0.4, -0.2) is 22.0 Å². The lowest BCUT2D eigenvalue weighted by molar-refractivity contribution is 0.206. The Kier molecular flexibility index (Phi) is 4.57. The van der Waals surface area contributed by atoms with Gasteiger partial charge in [0.1, 0.15) is 0 Å². The molecule has 1 saturated carbocycles. The number of para-hydroxylation sites is 1. The van der Waals surface area contributed by atoms with Crippen molar-refractivity contribution in [1.82, 2.24) is 9.47 Å². The minimum atomic E-state index is -0.00743. The van der Waals surface area contributed by atoms with Crippen LogP contribution < -0.4 is 5.32 Å². The molecule has 1 aromatic heterocycles. The Morgan fingerprint density at radius 1 is 1.10 bits per heavy atom. The first kappa shape index (κ1) is 18.3. The predicted octanol–water partition coefficient (Wildman–Crippen LogP) is 5.76. The molecule has 150 valence electrons. The van der Waals surface area contributed by atoms with E-state index in [0.29, 0.717) is 12.5 Å². The molecule has 3 aromatic rings. The number of benzene rings is 2. The van der Waals surface area contributed by atoms with Gasteiger partial charge in [-0.1, -0.05) is 44.2 Å². The average molecular weight is 388 g/mol. The summed E-state index contributed by atoms with van der Waals surface area (Å²) in [5.41, 5.74) is 6.24. The summed E-state index contributed by atoms with van der Waals surface area (Å²) in [4.78, 5) is 14.9. The van der Waals surface area contributed by atoms with Gasteiger partial charge in [0.25, 0.3) is 0 Å². The maximum Gasteiger partial charge on any atom is 0.322 e. The van der Waals surface area contributed by atoms with Gasteiger partial charge in [-0.15, -0.1) is 0 Å². The fourth-order valence-electron chi connectivity index (χ4n) is 4.50. The molecule has 0 radical (unpaired) electrons. The molecule has 1 N–H and O–H groups in total. The molecule has 0 atom stereocenters. The van der Waals surface area contributed by atoms with E-state index in [1.165, 1.54) is 40.6 Å². The molecule has 0 unspecified atom stereocenters. The molecule has 29 heavy (non-hydrogen) atoms. The van der Waals surface area contributed by atoms with E-state index in [0.717, 1.165) is 31.1 Å². The van der Waals surface area contributed by atoms with E-state index in [-0.39, 0.29) is 6.03 Å². The van der Waals surface area contributed by atoms with Gasteiger partial charge in [-0.25, -0.2) is 4.79 Å². The summed E-state index contributed by atoms with van der Waals surface area (Å²) >= 11 is 0. The zero-order valence-electron chi connectivity index (χ0n) is 17.3. The summed E-state index contributed by atoms with van der Waals surface area (Å²) in [7, 11) is 0. The first-order chi connectivity index (χ1) is 14.1. The van der Waals surface area contributed by atoms with Gasteiger partial charge in [-0.2, -0.15) is 0 Å². The van der Waals surface area contributed by atoms with E-state index in [1.807, 2.05) is 17.0 Å². The molecule has 0 bridgehead atoms. The zero-order chi connectivity index (χ0) is 20.0. The molecule has 1 aliphatic carbocycles. The molecule has 0 spiro atoms. The van der Waals surface area contributed by atoms with Crippen LogP contribution in [0.4, 0.5) is 10.5 Å². The minimum absolute atomic E-state index is 0.00743. The standard InChI is InChI=1S/C25H29N3O/c1-17(2)19-9-11-20(12-10-19)26-25(29)27-14-13-24-22(16-27)21-5-3-4-6-23(21)28(24)15-18-7-8-18/h3-6,9-12,17-18H,7-8,13-16H2,1-2H3,(H,26,29). The van der Waals surface area contributed by atoms with E-state index in [4.69, 9.17) is 0 Å². The van der Waals surface area contributed by atoms with Gasteiger partial charge < -0.3 is 14.8 Å². The Hall–Kier alpha value is -2.75. The van der Waals surface area contributed by atoms with Crippen LogP contribution in [0.25, 0.3) is 10.9 Å². The molecular formula is C25H29N3O. The summed E-state index contributed by atoms with van der Waals surface area (Å²) in [5, 5.41) is 4.39. The van der Waals surface area contributed by atoms with Gasteiger partial charge in [0, 0.05) is 53.9 Å². The monoisotopic (exact) mass is 387 g/mol. The van der Waals surface area contributed by atoms with Crippen LogP contribution >= 0.6 is 0 Å². The molecular weight excluding hydrogens is 358 g/mol. The van der Waals surface area contributed by atoms with E-state index < -0.39 is 0 Å². The second kappa shape index (κ2) is 7.25. The number of rotatable bonds is 4. The number of carbonyl (C=O) groups is 1. The molecule has 2 aromatic carbocycles. The fourth-order valence-corrected chi connectivity index (χ4v) is 4.50. The first-order valence-electron chi connectivity index (χ1n) is 10.8. The highest BCUT2D eigenvalue weighted by atomic mass is 16.2. The molecule has 2 aliphatic rings. The van der Waals surface area contributed by atoms with Crippen LogP contribution in [0.1, 0.15) is 49.4 Å². The number of hydrogen-bond donors (Lipinski definition) is 1. The smallest absolute Gasteiger partial charge is 0.322 e. The molecule has 1 fully saturated rings. The van der Waals surface area contributed by atoms with Gasteiger partial charge in [-0.3, -0.25) is 0 Å². The third kappa shape index (κ3) is 3.52. The number of hydrogen-bond acceptors (Lipinski definition) is 1. The Balaban J connectivity index is 1.37. The molecule has 4 heteroatoms. The van der Waals surface area contributed by atoms with Crippen molar-refractivity contribution in [2.24, 2.45) is 5.92 Å². The highest BCUT2D eigenvalue weighted by molar-refractivity contribution is 5.91. The summed E-state index contributed by atoms with van der Waals surface area (Å²) < 4.78 is 2.53. The van der Waals surface area contributed by atoms with Crippen molar-refractivity contribution in [3.8, 4) is 0 Å². The highest BCUT2D eigenvalue weighted by Crippen LogP contribution is 2.36. The van der Waals surface area contributed by atoms with Crippen molar-refractivity contribution in [2.75, 3.05) is 11.9 Å². The van der Waals surface area contributed by atoms with E-state index >= 15 is 0 Å². The molecule has 2 heterocycles. The average Bonchev–Trinajstić information content (AvgIpc) is 3.51. The summed E-state index contributed by atoms with van der Waals surface area (Å²) in [5.74, 6) is 1.33. The van der Waals surface area contributed by atoms with Crippen molar-refractivity contribution >= 4 is 22.6 Å². The molecule has 4 nitrogen and oxygen atoms in total. The molecule has 1 aliphatic heterocycles. The van der Waals surface area contributed by atoms with E-state index in [9.17, 15) is 4.79 Å². The van der Waals surface area contributed by atoms with Crippen molar-refractivity contribution in [2.45, 2.75) is 52.1 Å². The van der Waals surface area contributed by atoms with Gasteiger partial charge in [-0.05, 0) is 48.4 Å². The number of fused-ring (bicyclic) bond motifs is 3. The number of aromatic nitrogens is 1. The molecule has 2 amide bonds. The van der Waals surface area contributed by atoms with Crippen molar-refractivity contribution in [3.05, 3.63) is 65.4 Å². The number of anilines is 1. The normalized spacial score (nSPS) is 16.3. The zero-order valence-corrected chi connectivity index (χ0v) is 17.3. The highest BCUT2D eigenvalue weighted by Gasteiger charge is 2.29. The minimum Gasteiger partial charge on any atom is -0.344 e.